The molecule has 0 saturated carbocycles. The number of aromatic nitrogens is 2. The lowest BCUT2D eigenvalue weighted by molar-refractivity contribution is 0.244. The molecule has 0 amide bonds. The summed E-state index contributed by atoms with van der Waals surface area (Å²) in [6, 6.07) is 15.0. The summed E-state index contributed by atoms with van der Waals surface area (Å²) in [7, 11) is 3.22. The summed E-state index contributed by atoms with van der Waals surface area (Å²) in [5.41, 5.74) is 1.54. The van der Waals surface area contributed by atoms with Gasteiger partial charge in [0.1, 0.15) is 23.1 Å². The molecule has 2 N–H and O–H groups in total. The quantitative estimate of drug-likeness (QED) is 0.583. The van der Waals surface area contributed by atoms with Crippen molar-refractivity contribution in [3.8, 4) is 17.2 Å². The lowest BCUT2D eigenvalue weighted by atomic mass is 10.2. The molecule has 3 rings (SSSR count). The lowest BCUT2D eigenvalue weighted by Gasteiger charge is -2.15. The van der Waals surface area contributed by atoms with Crippen LogP contribution in [-0.4, -0.2) is 30.3 Å². The number of anilines is 4. The second-order valence-corrected chi connectivity index (χ2v) is 6.24. The number of hydrogen-bond donors (Lipinski definition) is 2. The van der Waals surface area contributed by atoms with Crippen LogP contribution < -0.4 is 24.8 Å². The Morgan fingerprint density at radius 3 is 2.43 bits per heavy atom. The first kappa shape index (κ1) is 19.3. The molecule has 0 radical (unpaired) electrons. The zero-order valence-electron chi connectivity index (χ0n) is 16.4. The second kappa shape index (κ2) is 8.94. The topological polar surface area (TPSA) is 77.5 Å². The number of para-hydroxylation sites is 2. The molecule has 0 spiro atoms. The van der Waals surface area contributed by atoms with Crippen molar-refractivity contribution in [3.05, 3.63) is 54.7 Å². The molecule has 0 bridgehead atoms. The first-order chi connectivity index (χ1) is 13.6. The molecule has 3 aromatic rings. The number of nitrogens with zero attached hydrogens (tertiary/aromatic N) is 2. The van der Waals surface area contributed by atoms with Crippen molar-refractivity contribution in [3.63, 3.8) is 0 Å². The maximum absolute atomic E-state index is 5.85. The van der Waals surface area contributed by atoms with Crippen molar-refractivity contribution in [2.75, 3.05) is 24.9 Å². The van der Waals surface area contributed by atoms with E-state index in [0.29, 0.717) is 29.0 Å². The van der Waals surface area contributed by atoms with Crippen molar-refractivity contribution in [1.82, 2.24) is 9.97 Å². The molecule has 146 valence electrons. The average molecular weight is 380 g/mol. The van der Waals surface area contributed by atoms with E-state index >= 15 is 0 Å². The summed E-state index contributed by atoms with van der Waals surface area (Å²) < 4.78 is 16.5. The fraction of sp³-hybridized carbons (Fsp3) is 0.238. The Bertz CT molecular complexity index is 931. The standard InChI is InChI=1S/C21H24N4O3/c1-14(2)28-19-8-6-5-7-16(19)23-20-11-12-22-21(25-20)24-17-13-15(26-3)9-10-18(17)27-4/h5-14H,1-4H3,(H2,22,23,24,25). The number of hydrogen-bond acceptors (Lipinski definition) is 7. The van der Waals surface area contributed by atoms with Crippen LogP contribution in [0.5, 0.6) is 17.2 Å². The van der Waals surface area contributed by atoms with Crippen LogP contribution in [-0.2, 0) is 0 Å². The molecule has 2 aromatic carbocycles. The van der Waals surface area contributed by atoms with Gasteiger partial charge in [0.25, 0.3) is 0 Å². The van der Waals surface area contributed by atoms with Gasteiger partial charge in [0, 0.05) is 12.3 Å². The van der Waals surface area contributed by atoms with Gasteiger partial charge >= 0.3 is 0 Å². The van der Waals surface area contributed by atoms with Gasteiger partial charge in [-0.15, -0.1) is 0 Å². The molecular formula is C21H24N4O3. The summed E-state index contributed by atoms with van der Waals surface area (Å²) in [5.74, 6) is 3.20. The van der Waals surface area contributed by atoms with E-state index in [1.54, 1.807) is 26.5 Å². The first-order valence-corrected chi connectivity index (χ1v) is 8.94. The van der Waals surface area contributed by atoms with E-state index in [9.17, 15) is 0 Å². The van der Waals surface area contributed by atoms with Crippen LogP contribution in [0, 0.1) is 0 Å². The van der Waals surface area contributed by atoms with E-state index in [1.807, 2.05) is 56.3 Å². The molecule has 0 atom stereocenters. The van der Waals surface area contributed by atoms with Crippen LogP contribution in [0.4, 0.5) is 23.1 Å². The van der Waals surface area contributed by atoms with Crippen molar-refractivity contribution < 1.29 is 14.2 Å². The zero-order chi connectivity index (χ0) is 19.9. The van der Waals surface area contributed by atoms with Crippen LogP contribution >= 0.6 is 0 Å². The Morgan fingerprint density at radius 1 is 0.857 bits per heavy atom. The monoisotopic (exact) mass is 380 g/mol. The van der Waals surface area contributed by atoms with Crippen molar-refractivity contribution >= 4 is 23.1 Å². The fourth-order valence-corrected chi connectivity index (χ4v) is 2.59. The Kier molecular flexibility index (Phi) is 6.16. The molecule has 0 aliphatic rings. The highest BCUT2D eigenvalue weighted by atomic mass is 16.5. The van der Waals surface area contributed by atoms with Crippen LogP contribution in [0.3, 0.4) is 0 Å². The zero-order valence-corrected chi connectivity index (χ0v) is 16.4. The molecular weight excluding hydrogens is 356 g/mol. The van der Waals surface area contributed by atoms with Crippen molar-refractivity contribution in [2.24, 2.45) is 0 Å². The third-order valence-electron chi connectivity index (χ3n) is 3.82. The molecule has 0 fully saturated rings. The van der Waals surface area contributed by atoms with E-state index < -0.39 is 0 Å². The van der Waals surface area contributed by atoms with Crippen LogP contribution in [0.2, 0.25) is 0 Å². The highest BCUT2D eigenvalue weighted by Crippen LogP contribution is 2.31. The minimum absolute atomic E-state index is 0.0751. The Balaban J connectivity index is 1.82. The summed E-state index contributed by atoms with van der Waals surface area (Å²) in [6.07, 6.45) is 1.75. The van der Waals surface area contributed by atoms with Gasteiger partial charge in [0.15, 0.2) is 0 Å². The summed E-state index contributed by atoms with van der Waals surface area (Å²) in [5, 5.41) is 6.46. The smallest absolute Gasteiger partial charge is 0.229 e. The van der Waals surface area contributed by atoms with E-state index in [4.69, 9.17) is 14.2 Å². The summed E-state index contributed by atoms with van der Waals surface area (Å²) in [4.78, 5) is 8.82. The number of methoxy groups -OCH3 is 2. The van der Waals surface area contributed by atoms with E-state index in [-0.39, 0.29) is 6.10 Å². The maximum atomic E-state index is 5.85. The summed E-state index contributed by atoms with van der Waals surface area (Å²) in [6.45, 7) is 3.98. The van der Waals surface area contributed by atoms with E-state index in [0.717, 1.165) is 11.4 Å². The van der Waals surface area contributed by atoms with Crippen molar-refractivity contribution in [1.29, 1.82) is 0 Å². The molecule has 0 aliphatic carbocycles. The largest absolute Gasteiger partial charge is 0.497 e. The number of rotatable bonds is 8. The van der Waals surface area contributed by atoms with Gasteiger partial charge in [0.05, 0.1) is 31.7 Å². The predicted molar refractivity (Wildman–Crippen MR) is 110 cm³/mol. The van der Waals surface area contributed by atoms with Crippen LogP contribution in [0.15, 0.2) is 54.7 Å². The lowest BCUT2D eigenvalue weighted by Crippen LogP contribution is -2.08. The SMILES string of the molecule is COc1ccc(OC)c(Nc2nccc(Nc3ccccc3OC(C)C)n2)c1. The van der Waals surface area contributed by atoms with Gasteiger partial charge in [-0.2, -0.15) is 4.98 Å². The predicted octanol–water partition coefficient (Wildman–Crippen LogP) is 4.77. The Hall–Kier alpha value is -3.48. The molecule has 0 saturated heterocycles. The van der Waals surface area contributed by atoms with Gasteiger partial charge in [-0.1, -0.05) is 12.1 Å². The van der Waals surface area contributed by atoms with Gasteiger partial charge in [-0.25, -0.2) is 4.98 Å². The molecule has 7 nitrogen and oxygen atoms in total. The Labute approximate surface area is 164 Å². The van der Waals surface area contributed by atoms with Crippen molar-refractivity contribution in [2.45, 2.75) is 20.0 Å². The van der Waals surface area contributed by atoms with Gasteiger partial charge in [-0.3, -0.25) is 0 Å². The molecule has 28 heavy (non-hydrogen) atoms. The normalized spacial score (nSPS) is 10.5. The second-order valence-electron chi connectivity index (χ2n) is 6.24. The number of nitrogens with one attached hydrogen (secondary N) is 2. The molecule has 1 aromatic heterocycles. The molecule has 0 aliphatic heterocycles. The van der Waals surface area contributed by atoms with E-state index in [2.05, 4.69) is 20.6 Å². The van der Waals surface area contributed by atoms with Gasteiger partial charge in [-0.05, 0) is 44.2 Å². The molecule has 0 unspecified atom stereocenters. The molecule has 1 heterocycles. The Morgan fingerprint density at radius 2 is 1.68 bits per heavy atom. The highest BCUT2D eigenvalue weighted by molar-refractivity contribution is 5.67. The number of benzene rings is 2. The minimum atomic E-state index is 0.0751. The highest BCUT2D eigenvalue weighted by Gasteiger charge is 2.09. The molecule has 7 heteroatoms. The fourth-order valence-electron chi connectivity index (χ4n) is 2.59. The van der Waals surface area contributed by atoms with Gasteiger partial charge in [0.2, 0.25) is 5.95 Å². The van der Waals surface area contributed by atoms with Crippen LogP contribution in [0.1, 0.15) is 13.8 Å². The van der Waals surface area contributed by atoms with Gasteiger partial charge < -0.3 is 24.8 Å². The third kappa shape index (κ3) is 4.82. The third-order valence-corrected chi connectivity index (χ3v) is 3.82. The maximum Gasteiger partial charge on any atom is 0.229 e. The van der Waals surface area contributed by atoms with Crippen LogP contribution in [0.25, 0.3) is 0 Å². The summed E-state index contributed by atoms with van der Waals surface area (Å²) >= 11 is 0. The minimum Gasteiger partial charge on any atom is -0.497 e. The first-order valence-electron chi connectivity index (χ1n) is 8.94. The average Bonchev–Trinajstić information content (AvgIpc) is 2.69. The van der Waals surface area contributed by atoms with E-state index in [1.165, 1.54) is 0 Å². The number of ether oxygens (including phenoxy) is 3.